The van der Waals surface area contributed by atoms with E-state index in [1.165, 1.54) is 13.0 Å². The SMILES string of the molecule is CC(OC(=O)/C(C#N)=C/c1ccc(N(C)C)cc1)C(=O)Nc1ccc2c(c1)OCCO2. The summed E-state index contributed by atoms with van der Waals surface area (Å²) in [5.41, 5.74) is 1.95. The van der Waals surface area contributed by atoms with Crippen molar-refractivity contribution in [2.45, 2.75) is 13.0 Å². The molecular formula is C23H23N3O5. The van der Waals surface area contributed by atoms with Crippen molar-refractivity contribution < 1.29 is 23.8 Å². The van der Waals surface area contributed by atoms with Gasteiger partial charge in [0.2, 0.25) is 0 Å². The molecule has 1 unspecified atom stereocenters. The summed E-state index contributed by atoms with van der Waals surface area (Å²) < 4.78 is 16.1. The number of nitrogens with one attached hydrogen (secondary N) is 1. The molecule has 0 saturated heterocycles. The van der Waals surface area contributed by atoms with Gasteiger partial charge in [-0.15, -0.1) is 0 Å². The highest BCUT2D eigenvalue weighted by molar-refractivity contribution is 6.01. The number of rotatable bonds is 6. The number of carbonyl (C=O) groups is 2. The van der Waals surface area contributed by atoms with Crippen LogP contribution in [-0.4, -0.2) is 45.3 Å². The predicted octanol–water partition coefficient (Wildman–Crippen LogP) is 3.00. The Morgan fingerprint density at radius 2 is 1.81 bits per heavy atom. The minimum absolute atomic E-state index is 0.198. The largest absolute Gasteiger partial charge is 0.486 e. The molecule has 2 aromatic rings. The van der Waals surface area contributed by atoms with E-state index < -0.39 is 18.0 Å². The Kier molecular flexibility index (Phi) is 6.78. The predicted molar refractivity (Wildman–Crippen MR) is 116 cm³/mol. The molecule has 1 N–H and O–H groups in total. The van der Waals surface area contributed by atoms with Gasteiger partial charge in [0, 0.05) is 31.5 Å². The molecule has 0 radical (unpaired) electrons. The number of ether oxygens (including phenoxy) is 3. The number of esters is 1. The van der Waals surface area contributed by atoms with Crippen LogP contribution in [0.5, 0.6) is 11.5 Å². The van der Waals surface area contributed by atoms with Crippen LogP contribution in [0, 0.1) is 11.3 Å². The lowest BCUT2D eigenvalue weighted by molar-refractivity contribution is -0.148. The molecule has 3 rings (SSSR count). The first-order valence-corrected chi connectivity index (χ1v) is 9.68. The molecule has 0 bridgehead atoms. The van der Waals surface area contributed by atoms with Gasteiger partial charge in [-0.25, -0.2) is 4.79 Å². The maximum atomic E-state index is 12.4. The average molecular weight is 421 g/mol. The minimum Gasteiger partial charge on any atom is -0.486 e. The standard InChI is InChI=1S/C23H23N3O5/c1-15(22(27)25-18-6-9-20-21(13-18)30-11-10-29-20)31-23(28)17(14-24)12-16-4-7-19(8-5-16)26(2)3/h4-9,12-13,15H,10-11H2,1-3H3,(H,25,27)/b17-12+. The molecule has 1 aliphatic rings. The average Bonchev–Trinajstić information content (AvgIpc) is 2.77. The lowest BCUT2D eigenvalue weighted by Gasteiger charge is -2.19. The number of nitriles is 1. The van der Waals surface area contributed by atoms with Crippen LogP contribution in [0.1, 0.15) is 12.5 Å². The molecule has 1 amide bonds. The van der Waals surface area contributed by atoms with E-state index in [1.54, 1.807) is 30.3 Å². The first-order valence-electron chi connectivity index (χ1n) is 9.68. The summed E-state index contributed by atoms with van der Waals surface area (Å²) in [7, 11) is 3.83. The van der Waals surface area contributed by atoms with Crippen molar-refractivity contribution in [2.24, 2.45) is 0 Å². The van der Waals surface area contributed by atoms with Crippen LogP contribution in [0.15, 0.2) is 48.0 Å². The topological polar surface area (TPSA) is 101 Å². The zero-order valence-corrected chi connectivity index (χ0v) is 17.5. The van der Waals surface area contributed by atoms with Crippen molar-refractivity contribution >= 4 is 29.3 Å². The summed E-state index contributed by atoms with van der Waals surface area (Å²) in [6, 6.07) is 14.1. The van der Waals surface area contributed by atoms with Crippen molar-refractivity contribution in [3.8, 4) is 17.6 Å². The third-order valence-corrected chi connectivity index (χ3v) is 4.52. The summed E-state index contributed by atoms with van der Waals surface area (Å²) in [6.07, 6.45) is 0.321. The smallest absolute Gasteiger partial charge is 0.349 e. The summed E-state index contributed by atoms with van der Waals surface area (Å²) in [5, 5.41) is 12.0. The van der Waals surface area contributed by atoms with E-state index in [9.17, 15) is 14.9 Å². The molecule has 0 aliphatic carbocycles. The molecule has 31 heavy (non-hydrogen) atoms. The van der Waals surface area contributed by atoms with Crippen LogP contribution in [0.25, 0.3) is 6.08 Å². The van der Waals surface area contributed by atoms with Crippen molar-refractivity contribution in [1.82, 2.24) is 0 Å². The van der Waals surface area contributed by atoms with Gasteiger partial charge in [-0.2, -0.15) is 5.26 Å². The fourth-order valence-corrected chi connectivity index (χ4v) is 2.81. The normalized spacial score (nSPS) is 13.5. The van der Waals surface area contributed by atoms with Crippen molar-refractivity contribution in [1.29, 1.82) is 5.26 Å². The van der Waals surface area contributed by atoms with Crippen molar-refractivity contribution in [2.75, 3.05) is 37.5 Å². The number of fused-ring (bicyclic) bond motifs is 1. The number of benzene rings is 2. The van der Waals surface area contributed by atoms with Crippen LogP contribution in [0.4, 0.5) is 11.4 Å². The molecule has 0 spiro atoms. The van der Waals surface area contributed by atoms with E-state index in [0.717, 1.165) is 5.69 Å². The first-order chi connectivity index (χ1) is 14.9. The molecule has 2 aromatic carbocycles. The van der Waals surface area contributed by atoms with E-state index in [4.69, 9.17) is 14.2 Å². The highest BCUT2D eigenvalue weighted by atomic mass is 16.6. The van der Waals surface area contributed by atoms with E-state index in [2.05, 4.69) is 5.32 Å². The van der Waals surface area contributed by atoms with Crippen LogP contribution in [0.3, 0.4) is 0 Å². The Balaban J connectivity index is 1.62. The van der Waals surface area contributed by atoms with Gasteiger partial charge in [-0.05, 0) is 42.8 Å². The highest BCUT2D eigenvalue weighted by Crippen LogP contribution is 2.32. The summed E-state index contributed by atoms with van der Waals surface area (Å²) in [6.45, 7) is 2.34. The molecule has 1 atom stereocenters. The van der Waals surface area contributed by atoms with Gasteiger partial charge < -0.3 is 24.4 Å². The Morgan fingerprint density at radius 3 is 2.45 bits per heavy atom. The second kappa shape index (κ2) is 9.67. The maximum Gasteiger partial charge on any atom is 0.349 e. The molecular weight excluding hydrogens is 398 g/mol. The fraction of sp³-hybridized carbons (Fsp3) is 0.261. The van der Waals surface area contributed by atoms with E-state index in [1.807, 2.05) is 37.2 Å². The molecule has 160 valence electrons. The number of amides is 1. The van der Waals surface area contributed by atoms with E-state index in [0.29, 0.717) is 36.0 Å². The van der Waals surface area contributed by atoms with Crippen LogP contribution in [0.2, 0.25) is 0 Å². The van der Waals surface area contributed by atoms with E-state index in [-0.39, 0.29) is 5.57 Å². The first kappa shape index (κ1) is 21.7. The summed E-state index contributed by atoms with van der Waals surface area (Å²) >= 11 is 0. The van der Waals surface area contributed by atoms with Crippen LogP contribution >= 0.6 is 0 Å². The lowest BCUT2D eigenvalue weighted by atomic mass is 10.1. The lowest BCUT2D eigenvalue weighted by Crippen LogP contribution is -2.30. The molecule has 8 heteroatoms. The zero-order valence-electron chi connectivity index (χ0n) is 17.5. The number of hydrogen-bond acceptors (Lipinski definition) is 7. The van der Waals surface area contributed by atoms with Gasteiger partial charge in [-0.1, -0.05) is 12.1 Å². The molecule has 0 fully saturated rings. The van der Waals surface area contributed by atoms with Gasteiger partial charge in [0.25, 0.3) is 5.91 Å². The molecule has 8 nitrogen and oxygen atoms in total. The third kappa shape index (κ3) is 5.54. The number of hydrogen-bond donors (Lipinski definition) is 1. The Morgan fingerprint density at radius 1 is 1.13 bits per heavy atom. The third-order valence-electron chi connectivity index (χ3n) is 4.52. The second-order valence-electron chi connectivity index (χ2n) is 7.05. The summed E-state index contributed by atoms with van der Waals surface area (Å²) in [5.74, 6) is -0.267. The van der Waals surface area contributed by atoms with Gasteiger partial charge in [0.1, 0.15) is 24.9 Å². The van der Waals surface area contributed by atoms with Gasteiger partial charge in [-0.3, -0.25) is 4.79 Å². The Hall–Kier alpha value is -3.99. The molecule has 1 aliphatic heterocycles. The second-order valence-corrected chi connectivity index (χ2v) is 7.05. The molecule has 0 saturated carbocycles. The monoisotopic (exact) mass is 421 g/mol. The minimum atomic E-state index is -1.10. The Labute approximate surface area is 180 Å². The molecule has 0 aromatic heterocycles. The fourth-order valence-electron chi connectivity index (χ4n) is 2.81. The van der Waals surface area contributed by atoms with Crippen LogP contribution < -0.4 is 19.7 Å². The quantitative estimate of drug-likeness (QED) is 0.435. The number of carbonyl (C=O) groups excluding carboxylic acids is 2. The maximum absolute atomic E-state index is 12.4. The van der Waals surface area contributed by atoms with Gasteiger partial charge >= 0.3 is 5.97 Å². The summed E-state index contributed by atoms with van der Waals surface area (Å²) in [4.78, 5) is 26.7. The van der Waals surface area contributed by atoms with Crippen molar-refractivity contribution in [3.63, 3.8) is 0 Å². The highest BCUT2D eigenvalue weighted by Gasteiger charge is 2.21. The van der Waals surface area contributed by atoms with Gasteiger partial charge in [0.05, 0.1) is 0 Å². The van der Waals surface area contributed by atoms with Crippen LogP contribution in [-0.2, 0) is 14.3 Å². The Bertz CT molecular complexity index is 1040. The van der Waals surface area contributed by atoms with E-state index >= 15 is 0 Å². The van der Waals surface area contributed by atoms with Gasteiger partial charge in [0.15, 0.2) is 17.6 Å². The number of anilines is 2. The van der Waals surface area contributed by atoms with Crippen molar-refractivity contribution in [3.05, 3.63) is 53.6 Å². The zero-order chi connectivity index (χ0) is 22.4. The molecule has 1 heterocycles. The number of nitrogens with zero attached hydrogens (tertiary/aromatic N) is 2.